The number of nitrogens with two attached hydrogens (primary N) is 1. The highest BCUT2D eigenvalue weighted by Gasteiger charge is 2.03. The summed E-state index contributed by atoms with van der Waals surface area (Å²) in [6, 6.07) is 0. The molecule has 0 aromatic rings. The molecule has 0 radical (unpaired) electrons. The van der Waals surface area contributed by atoms with Crippen molar-refractivity contribution in [3.05, 3.63) is 0 Å². The van der Waals surface area contributed by atoms with E-state index in [1.54, 1.807) is 14.1 Å². The molecule has 0 unspecified atom stereocenters. The van der Waals surface area contributed by atoms with Gasteiger partial charge in [-0.15, -0.1) is 12.4 Å². The van der Waals surface area contributed by atoms with Crippen LogP contribution in [0.3, 0.4) is 0 Å². The van der Waals surface area contributed by atoms with Gasteiger partial charge in [0.2, 0.25) is 0 Å². The van der Waals surface area contributed by atoms with E-state index in [4.69, 9.17) is 10.9 Å². The molecular formula is C7H21ClN2O. The third-order valence-electron chi connectivity index (χ3n) is 0.612. The average molecular weight is 185 g/mol. The average Bonchev–Trinajstić information content (AvgIpc) is 1.63. The summed E-state index contributed by atoms with van der Waals surface area (Å²) in [5.41, 5.74) is 5.62. The van der Waals surface area contributed by atoms with E-state index < -0.39 is 0 Å². The summed E-state index contributed by atoms with van der Waals surface area (Å²) in [6.07, 6.45) is 0. The Labute approximate surface area is 75.9 Å². The van der Waals surface area contributed by atoms with E-state index in [-0.39, 0.29) is 12.4 Å². The van der Waals surface area contributed by atoms with Crippen molar-refractivity contribution in [1.29, 1.82) is 0 Å². The van der Waals surface area contributed by atoms with Gasteiger partial charge in [0.1, 0.15) is 0 Å². The van der Waals surface area contributed by atoms with Gasteiger partial charge in [0.15, 0.2) is 0 Å². The number of hydrogen-bond donors (Lipinski definition) is 2. The zero-order chi connectivity index (χ0) is 8.78. The standard InChI is InChI=1S/C5H13N.C2H7NO.ClH/c1-5(2,3)4-6;1-3(2)4;/h4,6H2,1-3H3;4H,1-2H3;1H. The molecule has 0 rings (SSSR count). The molecule has 11 heavy (non-hydrogen) atoms. The lowest BCUT2D eigenvalue weighted by molar-refractivity contribution is -0.0372. The highest BCUT2D eigenvalue weighted by molar-refractivity contribution is 5.85. The van der Waals surface area contributed by atoms with E-state index in [1.165, 1.54) is 0 Å². The van der Waals surface area contributed by atoms with Gasteiger partial charge in [-0.1, -0.05) is 20.8 Å². The molecular weight excluding hydrogens is 164 g/mol. The van der Waals surface area contributed by atoms with Crippen LogP contribution in [0.2, 0.25) is 0 Å². The first-order valence-corrected chi connectivity index (χ1v) is 3.36. The first kappa shape index (κ1) is 17.3. The molecule has 0 heterocycles. The normalized spacial score (nSPS) is 9.82. The van der Waals surface area contributed by atoms with E-state index >= 15 is 0 Å². The van der Waals surface area contributed by atoms with Crippen molar-refractivity contribution in [3.63, 3.8) is 0 Å². The van der Waals surface area contributed by atoms with Crippen molar-refractivity contribution in [1.82, 2.24) is 5.06 Å². The van der Waals surface area contributed by atoms with Gasteiger partial charge in [0.25, 0.3) is 0 Å². The zero-order valence-corrected chi connectivity index (χ0v) is 8.90. The van der Waals surface area contributed by atoms with Crippen molar-refractivity contribution in [3.8, 4) is 0 Å². The van der Waals surface area contributed by atoms with Crippen molar-refractivity contribution >= 4 is 12.4 Å². The maximum atomic E-state index is 7.89. The number of hydroxylamine groups is 2. The van der Waals surface area contributed by atoms with Crippen LogP contribution in [0.5, 0.6) is 0 Å². The van der Waals surface area contributed by atoms with Gasteiger partial charge in [-0.2, -0.15) is 5.06 Å². The summed E-state index contributed by atoms with van der Waals surface area (Å²) in [6.45, 7) is 7.12. The van der Waals surface area contributed by atoms with Crippen LogP contribution in [0.1, 0.15) is 20.8 Å². The van der Waals surface area contributed by atoms with Crippen LogP contribution in [0.4, 0.5) is 0 Å². The van der Waals surface area contributed by atoms with Crippen LogP contribution >= 0.6 is 12.4 Å². The molecule has 0 aromatic heterocycles. The van der Waals surface area contributed by atoms with E-state index in [2.05, 4.69) is 20.8 Å². The van der Waals surface area contributed by atoms with Crippen molar-refractivity contribution in [2.24, 2.45) is 11.1 Å². The lowest BCUT2D eigenvalue weighted by atomic mass is 9.98. The molecule has 0 spiro atoms. The van der Waals surface area contributed by atoms with Crippen molar-refractivity contribution in [2.45, 2.75) is 20.8 Å². The molecule has 0 amide bonds. The molecule has 0 saturated heterocycles. The third kappa shape index (κ3) is 67.6. The topological polar surface area (TPSA) is 49.5 Å². The van der Waals surface area contributed by atoms with Crippen LogP contribution in [-0.4, -0.2) is 30.9 Å². The number of nitrogens with zero attached hydrogens (tertiary/aromatic N) is 1. The summed E-state index contributed by atoms with van der Waals surface area (Å²) in [5, 5.41) is 8.89. The van der Waals surface area contributed by atoms with Gasteiger partial charge in [0.05, 0.1) is 0 Å². The van der Waals surface area contributed by atoms with E-state index in [0.717, 1.165) is 11.6 Å². The summed E-state index contributed by atoms with van der Waals surface area (Å²) < 4.78 is 0. The largest absolute Gasteiger partial charge is 0.330 e. The molecule has 3 nitrogen and oxygen atoms in total. The van der Waals surface area contributed by atoms with Gasteiger partial charge >= 0.3 is 0 Å². The molecule has 0 fully saturated rings. The van der Waals surface area contributed by atoms with Gasteiger partial charge in [0, 0.05) is 14.1 Å². The Morgan fingerprint density at radius 1 is 1.27 bits per heavy atom. The van der Waals surface area contributed by atoms with Crippen LogP contribution in [0.15, 0.2) is 0 Å². The second-order valence-electron chi connectivity index (χ2n) is 3.61. The molecule has 0 atom stereocenters. The Bertz CT molecular complexity index is 68.6. The molecule has 4 heteroatoms. The molecule has 0 bridgehead atoms. The Kier molecular flexibility index (Phi) is 13.0. The Morgan fingerprint density at radius 3 is 1.36 bits per heavy atom. The third-order valence-corrected chi connectivity index (χ3v) is 0.612. The smallest absolute Gasteiger partial charge is 0.0121 e. The molecule has 72 valence electrons. The molecule has 0 aromatic carbocycles. The second-order valence-corrected chi connectivity index (χ2v) is 3.61. The van der Waals surface area contributed by atoms with Gasteiger partial charge < -0.3 is 10.9 Å². The Balaban J connectivity index is -0.000000114. The molecule has 3 N–H and O–H groups in total. The van der Waals surface area contributed by atoms with Crippen LogP contribution in [0.25, 0.3) is 0 Å². The molecule has 0 aliphatic rings. The van der Waals surface area contributed by atoms with E-state index in [0.29, 0.717) is 5.41 Å². The lowest BCUT2D eigenvalue weighted by Gasteiger charge is -2.12. The minimum absolute atomic E-state index is 0. The van der Waals surface area contributed by atoms with E-state index in [9.17, 15) is 0 Å². The summed E-state index contributed by atoms with van der Waals surface area (Å²) in [5.74, 6) is 0. The molecule has 0 saturated carbocycles. The van der Waals surface area contributed by atoms with Crippen LogP contribution in [0, 0.1) is 5.41 Å². The quantitative estimate of drug-likeness (QED) is 0.559. The maximum absolute atomic E-state index is 7.89. The fourth-order valence-electron chi connectivity index (χ4n) is 0. The van der Waals surface area contributed by atoms with Gasteiger partial charge in [-0.05, 0) is 12.0 Å². The fraction of sp³-hybridized carbons (Fsp3) is 1.00. The lowest BCUT2D eigenvalue weighted by Crippen LogP contribution is -2.18. The SMILES string of the molecule is CC(C)(C)CN.CN(C)O.Cl. The summed E-state index contributed by atoms with van der Waals surface area (Å²) in [7, 11) is 3.11. The molecule has 0 aliphatic heterocycles. The van der Waals surface area contributed by atoms with Gasteiger partial charge in [-0.3, -0.25) is 0 Å². The monoisotopic (exact) mass is 184 g/mol. The van der Waals surface area contributed by atoms with Crippen LogP contribution < -0.4 is 5.73 Å². The first-order chi connectivity index (χ1) is 4.29. The maximum Gasteiger partial charge on any atom is 0.0121 e. The number of halogens is 1. The predicted molar refractivity (Wildman–Crippen MR) is 51.2 cm³/mol. The summed E-state index contributed by atoms with van der Waals surface area (Å²) in [4.78, 5) is 0. The highest BCUT2D eigenvalue weighted by Crippen LogP contribution is 2.07. The number of hydrogen-bond acceptors (Lipinski definition) is 3. The van der Waals surface area contributed by atoms with E-state index in [1.807, 2.05) is 0 Å². The Hall–Kier alpha value is 0.170. The Morgan fingerprint density at radius 2 is 1.36 bits per heavy atom. The minimum Gasteiger partial charge on any atom is -0.330 e. The highest BCUT2D eigenvalue weighted by atomic mass is 35.5. The van der Waals surface area contributed by atoms with Crippen molar-refractivity contribution in [2.75, 3.05) is 20.6 Å². The second kappa shape index (κ2) is 8.27. The van der Waals surface area contributed by atoms with Crippen LogP contribution in [-0.2, 0) is 0 Å². The number of rotatable bonds is 0. The van der Waals surface area contributed by atoms with Gasteiger partial charge in [-0.25, -0.2) is 0 Å². The molecule has 0 aliphatic carbocycles. The first-order valence-electron chi connectivity index (χ1n) is 3.36. The predicted octanol–water partition coefficient (Wildman–Crippen LogP) is 1.35. The summed E-state index contributed by atoms with van der Waals surface area (Å²) >= 11 is 0. The minimum atomic E-state index is 0. The zero-order valence-electron chi connectivity index (χ0n) is 8.09. The van der Waals surface area contributed by atoms with Crippen molar-refractivity contribution < 1.29 is 5.21 Å². The fourth-order valence-corrected chi connectivity index (χ4v) is 0.